The number of aliphatic imine (C=N–C) groups is 1. The van der Waals surface area contributed by atoms with E-state index in [1.165, 1.54) is 17.8 Å². The van der Waals surface area contributed by atoms with Gasteiger partial charge in [0.1, 0.15) is 11.8 Å². The van der Waals surface area contributed by atoms with Crippen molar-refractivity contribution < 1.29 is 9.72 Å². The molecule has 1 unspecified atom stereocenters. The zero-order valence-electron chi connectivity index (χ0n) is 20.0. The molecule has 2 aromatic rings. The molecule has 1 saturated heterocycles. The molecule has 178 valence electrons. The summed E-state index contributed by atoms with van der Waals surface area (Å²) in [7, 11) is 2.17. The third-order valence-electron chi connectivity index (χ3n) is 7.22. The van der Waals surface area contributed by atoms with Crippen LogP contribution in [0.4, 0.5) is 22.7 Å². The summed E-state index contributed by atoms with van der Waals surface area (Å²) >= 11 is 0. The number of amidine groups is 1. The lowest BCUT2D eigenvalue weighted by atomic mass is 9.95. The topological polar surface area (TPSA) is 94.3 Å². The van der Waals surface area contributed by atoms with E-state index in [0.717, 1.165) is 36.4 Å². The van der Waals surface area contributed by atoms with Gasteiger partial charge in [0.25, 0.3) is 5.69 Å². The molecule has 0 bridgehead atoms. The molecular formula is C25H30N6O3. The summed E-state index contributed by atoms with van der Waals surface area (Å²) < 4.78 is 0. The predicted molar refractivity (Wildman–Crippen MR) is 133 cm³/mol. The minimum atomic E-state index is -0.593. The molecule has 0 saturated carbocycles. The number of hydrogen-bond donors (Lipinski definition) is 1. The van der Waals surface area contributed by atoms with Crippen molar-refractivity contribution in [2.45, 2.75) is 45.3 Å². The van der Waals surface area contributed by atoms with Crippen molar-refractivity contribution in [3.63, 3.8) is 0 Å². The van der Waals surface area contributed by atoms with Gasteiger partial charge >= 0.3 is 0 Å². The molecule has 1 fully saturated rings. The van der Waals surface area contributed by atoms with Gasteiger partial charge in [-0.3, -0.25) is 14.9 Å². The second-order valence-electron chi connectivity index (χ2n) is 9.73. The van der Waals surface area contributed by atoms with Crippen LogP contribution in [0.15, 0.2) is 41.4 Å². The molecule has 0 radical (unpaired) electrons. The van der Waals surface area contributed by atoms with Crippen LogP contribution in [0.3, 0.4) is 0 Å². The molecule has 2 atom stereocenters. The summed E-state index contributed by atoms with van der Waals surface area (Å²) in [5, 5.41) is 14.0. The highest BCUT2D eigenvalue weighted by atomic mass is 16.6. The van der Waals surface area contributed by atoms with Crippen molar-refractivity contribution in [1.82, 2.24) is 9.80 Å². The van der Waals surface area contributed by atoms with Crippen LogP contribution in [0.1, 0.15) is 37.8 Å². The lowest BCUT2D eigenvalue weighted by Crippen LogP contribution is -2.50. The molecule has 3 aliphatic heterocycles. The Bertz CT molecular complexity index is 1190. The number of nitrogens with zero attached hydrogens (tertiary/aromatic N) is 5. The van der Waals surface area contributed by atoms with Crippen molar-refractivity contribution >= 4 is 34.5 Å². The highest BCUT2D eigenvalue weighted by Gasteiger charge is 2.40. The van der Waals surface area contributed by atoms with Crippen LogP contribution in [0.25, 0.3) is 0 Å². The number of likely N-dealkylation sites (N-methyl/N-ethyl adjacent to an activating group) is 1. The summed E-state index contributed by atoms with van der Waals surface area (Å²) in [4.78, 5) is 35.7. The Morgan fingerprint density at radius 2 is 1.97 bits per heavy atom. The third-order valence-corrected chi connectivity index (χ3v) is 7.22. The quantitative estimate of drug-likeness (QED) is 0.550. The maximum absolute atomic E-state index is 13.0. The Balaban J connectivity index is 1.51. The maximum Gasteiger partial charge on any atom is 0.271 e. The molecule has 34 heavy (non-hydrogen) atoms. The first-order chi connectivity index (χ1) is 16.2. The maximum atomic E-state index is 13.0. The summed E-state index contributed by atoms with van der Waals surface area (Å²) in [6.07, 6.45) is 0. The third kappa shape index (κ3) is 3.79. The van der Waals surface area contributed by atoms with Crippen LogP contribution in [-0.2, 0) is 11.3 Å². The van der Waals surface area contributed by atoms with Crippen molar-refractivity contribution in [2.24, 2.45) is 4.99 Å². The van der Waals surface area contributed by atoms with Crippen LogP contribution in [-0.4, -0.2) is 65.2 Å². The van der Waals surface area contributed by atoms with Gasteiger partial charge in [-0.1, -0.05) is 0 Å². The monoisotopic (exact) mass is 462 g/mol. The number of piperazine rings is 1. The fourth-order valence-electron chi connectivity index (χ4n) is 5.04. The number of nitro benzene ring substituents is 1. The molecule has 5 rings (SSSR count). The smallest absolute Gasteiger partial charge is 0.271 e. The lowest BCUT2D eigenvalue weighted by molar-refractivity contribution is -0.384. The number of amides is 1. The Morgan fingerprint density at radius 1 is 1.18 bits per heavy atom. The predicted octanol–water partition coefficient (Wildman–Crippen LogP) is 3.73. The minimum Gasteiger partial charge on any atom is -0.369 e. The van der Waals surface area contributed by atoms with Crippen LogP contribution < -0.4 is 10.2 Å². The first-order valence-electron chi connectivity index (χ1n) is 11.8. The molecule has 0 spiro atoms. The first-order valence-corrected chi connectivity index (χ1v) is 11.8. The zero-order chi connectivity index (χ0) is 24.1. The van der Waals surface area contributed by atoms with Gasteiger partial charge in [-0.2, -0.15) is 0 Å². The number of anilines is 2. The molecule has 1 amide bonds. The van der Waals surface area contributed by atoms with Crippen molar-refractivity contribution in [3.8, 4) is 0 Å². The Morgan fingerprint density at radius 3 is 2.68 bits per heavy atom. The molecule has 3 aliphatic rings. The number of fused-ring (bicyclic) bond motifs is 2. The van der Waals surface area contributed by atoms with Gasteiger partial charge in [0.15, 0.2) is 0 Å². The molecule has 3 heterocycles. The first kappa shape index (κ1) is 22.3. The molecule has 9 heteroatoms. The van der Waals surface area contributed by atoms with E-state index >= 15 is 0 Å². The summed E-state index contributed by atoms with van der Waals surface area (Å²) in [5.74, 6) is -0.107. The van der Waals surface area contributed by atoms with Crippen molar-refractivity contribution in [2.75, 3.05) is 36.9 Å². The van der Waals surface area contributed by atoms with E-state index in [1.807, 2.05) is 0 Å². The van der Waals surface area contributed by atoms with Gasteiger partial charge in [-0.05, 0) is 63.2 Å². The number of non-ortho nitro benzene ring substituents is 1. The van der Waals surface area contributed by atoms with E-state index in [-0.39, 0.29) is 17.6 Å². The van der Waals surface area contributed by atoms with Crippen LogP contribution >= 0.6 is 0 Å². The SMILES string of the molecule is CC(C)N1Cc2cc(N3CCN(C)[C@@H](C)C3)ccc2N=C1C1C(=O)Nc2cc([N+](=O)[O-])ccc21. The number of hydrogen-bond acceptors (Lipinski definition) is 7. The number of carbonyl (C=O) groups excluding carboxylic acids is 1. The standard InChI is InChI=1S/C25H30N6O3/c1-15(2)30-14-17-11-18(29-10-9-28(4)16(3)13-29)6-8-21(17)26-24(30)23-20-7-5-19(31(33)34)12-22(20)27-25(23)32/h5-8,11-12,15-16,23H,9-10,13-14H2,1-4H3,(H,27,32)/t16-,23?/m0/s1. The molecule has 1 N–H and O–H groups in total. The average Bonchev–Trinajstić information content (AvgIpc) is 3.14. The minimum absolute atomic E-state index is 0.0397. The van der Waals surface area contributed by atoms with Gasteiger partial charge in [0.2, 0.25) is 5.91 Å². The highest BCUT2D eigenvalue weighted by Crippen LogP contribution is 2.41. The Labute approximate surface area is 199 Å². The van der Waals surface area contributed by atoms with E-state index in [2.05, 4.69) is 66.0 Å². The second-order valence-corrected chi connectivity index (χ2v) is 9.73. The van der Waals surface area contributed by atoms with Gasteiger partial charge in [0.05, 0.1) is 16.3 Å². The highest BCUT2D eigenvalue weighted by molar-refractivity contribution is 6.18. The lowest BCUT2D eigenvalue weighted by Gasteiger charge is -2.40. The van der Waals surface area contributed by atoms with E-state index in [4.69, 9.17) is 4.99 Å². The van der Waals surface area contributed by atoms with Gasteiger partial charge in [0, 0.05) is 56.1 Å². The van der Waals surface area contributed by atoms with Crippen LogP contribution in [0, 0.1) is 10.1 Å². The van der Waals surface area contributed by atoms with Crippen LogP contribution in [0.5, 0.6) is 0 Å². The number of benzene rings is 2. The largest absolute Gasteiger partial charge is 0.369 e. The second kappa shape index (κ2) is 8.39. The fraction of sp³-hybridized carbons (Fsp3) is 0.440. The Hall–Kier alpha value is -3.46. The van der Waals surface area contributed by atoms with Crippen LogP contribution in [0.2, 0.25) is 0 Å². The zero-order valence-corrected chi connectivity index (χ0v) is 20.0. The van der Waals surface area contributed by atoms with Crippen molar-refractivity contribution in [3.05, 3.63) is 57.6 Å². The summed E-state index contributed by atoms with van der Waals surface area (Å²) in [6, 6.07) is 11.6. The Kier molecular flexibility index (Phi) is 5.51. The van der Waals surface area contributed by atoms with E-state index in [1.54, 1.807) is 6.07 Å². The van der Waals surface area contributed by atoms with Crippen molar-refractivity contribution in [1.29, 1.82) is 0 Å². The normalized spacial score (nSPS) is 22.4. The molecule has 2 aromatic carbocycles. The van der Waals surface area contributed by atoms with Gasteiger partial charge < -0.3 is 20.0 Å². The van der Waals surface area contributed by atoms with E-state index < -0.39 is 10.8 Å². The van der Waals surface area contributed by atoms with Gasteiger partial charge in [-0.25, -0.2) is 4.99 Å². The summed E-state index contributed by atoms with van der Waals surface area (Å²) in [6.45, 7) is 10.1. The summed E-state index contributed by atoms with van der Waals surface area (Å²) in [5.41, 5.74) is 4.40. The average molecular weight is 463 g/mol. The molecule has 9 nitrogen and oxygen atoms in total. The van der Waals surface area contributed by atoms with E-state index in [0.29, 0.717) is 24.1 Å². The van der Waals surface area contributed by atoms with E-state index in [9.17, 15) is 14.9 Å². The van der Waals surface area contributed by atoms with Gasteiger partial charge in [-0.15, -0.1) is 0 Å². The molecule has 0 aliphatic carbocycles. The number of carbonyl (C=O) groups is 1. The number of rotatable bonds is 4. The molecular weight excluding hydrogens is 432 g/mol. The molecule has 0 aromatic heterocycles. The number of nitro groups is 1. The number of nitrogens with one attached hydrogen (secondary N) is 1. The fourth-order valence-corrected chi connectivity index (χ4v) is 5.04.